The number of ketones is 1. The first-order valence-electron chi connectivity index (χ1n) is 8.07. The van der Waals surface area contributed by atoms with Crippen molar-refractivity contribution in [2.75, 3.05) is 11.4 Å². The highest BCUT2D eigenvalue weighted by Gasteiger charge is 2.18. The van der Waals surface area contributed by atoms with Crippen LogP contribution in [-0.4, -0.2) is 12.3 Å². The molecule has 0 amide bonds. The van der Waals surface area contributed by atoms with E-state index in [0.717, 1.165) is 16.8 Å². The Bertz CT molecular complexity index is 986. The van der Waals surface area contributed by atoms with Crippen molar-refractivity contribution >= 4 is 17.0 Å². The first-order valence-corrected chi connectivity index (χ1v) is 8.07. The molecule has 1 heterocycles. The zero-order chi connectivity index (χ0) is 18.4. The van der Waals surface area contributed by atoms with E-state index in [1.165, 1.54) is 6.08 Å². The molecule has 124 valence electrons. The zero-order valence-corrected chi connectivity index (χ0v) is 14.0. The molecule has 0 N–H and O–H groups in total. The summed E-state index contributed by atoms with van der Waals surface area (Å²) in [6.45, 7) is 0.238. The van der Waals surface area contributed by atoms with Crippen LogP contribution in [-0.2, 0) is 0 Å². The van der Waals surface area contributed by atoms with Crippen molar-refractivity contribution < 1.29 is 4.79 Å². The van der Waals surface area contributed by atoms with Crippen LogP contribution in [0, 0.1) is 22.7 Å². The summed E-state index contributed by atoms with van der Waals surface area (Å²) >= 11 is 0. The normalized spacial score (nSPS) is 13.5. The SMILES string of the molecule is N#CC(C#N)=C/C=C1/C=CN(CC(=O)c2ccccc2)c2ccccc21. The molecule has 2 aromatic carbocycles. The van der Waals surface area contributed by atoms with Gasteiger partial charge in [-0.2, -0.15) is 10.5 Å². The number of fused-ring (bicyclic) bond motifs is 1. The molecule has 0 aliphatic carbocycles. The molecule has 1 aliphatic rings. The lowest BCUT2D eigenvalue weighted by Crippen LogP contribution is -2.27. The number of nitriles is 2. The van der Waals surface area contributed by atoms with E-state index in [-0.39, 0.29) is 17.9 Å². The van der Waals surface area contributed by atoms with Gasteiger partial charge in [0.25, 0.3) is 0 Å². The third-order valence-electron chi connectivity index (χ3n) is 4.04. The van der Waals surface area contributed by atoms with E-state index in [0.29, 0.717) is 5.56 Å². The molecule has 0 aromatic heterocycles. The minimum atomic E-state index is 0.0358. The number of hydrogen-bond acceptors (Lipinski definition) is 4. The number of allylic oxidation sites excluding steroid dienone is 5. The quantitative estimate of drug-likeness (QED) is 0.617. The fourth-order valence-electron chi connectivity index (χ4n) is 2.73. The molecule has 0 radical (unpaired) electrons. The van der Waals surface area contributed by atoms with Crippen LogP contribution in [0.3, 0.4) is 0 Å². The molecule has 3 rings (SSSR count). The van der Waals surface area contributed by atoms with Gasteiger partial charge in [0.1, 0.15) is 17.7 Å². The van der Waals surface area contributed by atoms with Crippen LogP contribution in [0.5, 0.6) is 0 Å². The van der Waals surface area contributed by atoms with Gasteiger partial charge in [-0.15, -0.1) is 0 Å². The Balaban J connectivity index is 1.91. The molecule has 26 heavy (non-hydrogen) atoms. The maximum atomic E-state index is 12.5. The number of Topliss-reactive ketones (excluding diaryl/α,β-unsaturated/α-hetero) is 1. The maximum Gasteiger partial charge on any atom is 0.182 e. The number of para-hydroxylation sites is 1. The average Bonchev–Trinajstić information content (AvgIpc) is 2.70. The summed E-state index contributed by atoms with van der Waals surface area (Å²) in [5.74, 6) is 0.0358. The van der Waals surface area contributed by atoms with Gasteiger partial charge >= 0.3 is 0 Å². The van der Waals surface area contributed by atoms with Gasteiger partial charge in [-0.05, 0) is 23.8 Å². The molecule has 2 aromatic rings. The Morgan fingerprint density at radius 1 is 1.00 bits per heavy atom. The van der Waals surface area contributed by atoms with Gasteiger partial charge < -0.3 is 4.90 Å². The van der Waals surface area contributed by atoms with Crippen molar-refractivity contribution in [1.29, 1.82) is 10.5 Å². The largest absolute Gasteiger partial charge is 0.340 e. The van der Waals surface area contributed by atoms with E-state index in [2.05, 4.69) is 0 Å². The minimum absolute atomic E-state index is 0.0358. The number of anilines is 1. The van der Waals surface area contributed by atoms with Crippen LogP contribution < -0.4 is 4.90 Å². The molecule has 0 saturated heterocycles. The molecule has 0 bridgehead atoms. The van der Waals surface area contributed by atoms with Crippen LogP contribution >= 0.6 is 0 Å². The highest BCUT2D eigenvalue weighted by Crippen LogP contribution is 2.32. The lowest BCUT2D eigenvalue weighted by Gasteiger charge is -2.27. The van der Waals surface area contributed by atoms with Gasteiger partial charge in [0.2, 0.25) is 0 Å². The van der Waals surface area contributed by atoms with Gasteiger partial charge in [0.05, 0.1) is 6.54 Å². The van der Waals surface area contributed by atoms with Gasteiger partial charge in [0, 0.05) is 23.0 Å². The summed E-state index contributed by atoms with van der Waals surface area (Å²) in [5, 5.41) is 17.7. The molecule has 0 atom stereocenters. The van der Waals surface area contributed by atoms with Crippen molar-refractivity contribution in [3.05, 3.63) is 95.7 Å². The summed E-state index contributed by atoms with van der Waals surface area (Å²) in [7, 11) is 0. The second-order valence-electron chi connectivity index (χ2n) is 5.68. The van der Waals surface area contributed by atoms with Crippen molar-refractivity contribution in [2.24, 2.45) is 0 Å². The Kier molecular flexibility index (Phi) is 5.08. The summed E-state index contributed by atoms with van der Waals surface area (Å²) in [6.07, 6.45) is 6.97. The predicted molar refractivity (Wildman–Crippen MR) is 101 cm³/mol. The molecule has 0 fully saturated rings. The van der Waals surface area contributed by atoms with Gasteiger partial charge in [-0.1, -0.05) is 54.6 Å². The minimum Gasteiger partial charge on any atom is -0.340 e. The summed E-state index contributed by atoms with van der Waals surface area (Å²) in [6, 6.07) is 20.6. The van der Waals surface area contributed by atoms with Crippen LogP contribution in [0.15, 0.2) is 84.6 Å². The first kappa shape index (κ1) is 17.0. The highest BCUT2D eigenvalue weighted by atomic mass is 16.1. The fraction of sp³-hybridized carbons (Fsp3) is 0.0455. The summed E-state index contributed by atoms with van der Waals surface area (Å²) < 4.78 is 0. The number of benzene rings is 2. The lowest BCUT2D eigenvalue weighted by molar-refractivity contribution is 0.100. The fourth-order valence-corrected chi connectivity index (χ4v) is 2.73. The Morgan fingerprint density at radius 3 is 2.42 bits per heavy atom. The lowest BCUT2D eigenvalue weighted by atomic mass is 9.98. The van der Waals surface area contributed by atoms with Crippen molar-refractivity contribution in [2.45, 2.75) is 0 Å². The highest BCUT2D eigenvalue weighted by molar-refractivity contribution is 6.00. The molecule has 4 heteroatoms. The Hall–Kier alpha value is -3.89. The van der Waals surface area contributed by atoms with E-state index in [1.54, 1.807) is 6.08 Å². The van der Waals surface area contributed by atoms with E-state index in [4.69, 9.17) is 10.5 Å². The van der Waals surface area contributed by atoms with Gasteiger partial charge in [0.15, 0.2) is 5.78 Å². The van der Waals surface area contributed by atoms with Crippen LogP contribution in [0.2, 0.25) is 0 Å². The third kappa shape index (κ3) is 3.61. The summed E-state index contributed by atoms with van der Waals surface area (Å²) in [5.41, 5.74) is 3.46. The van der Waals surface area contributed by atoms with E-state index in [1.807, 2.05) is 83.9 Å². The Labute approximate surface area is 152 Å². The maximum absolute atomic E-state index is 12.5. The number of rotatable bonds is 4. The zero-order valence-electron chi connectivity index (χ0n) is 14.0. The number of nitrogens with zero attached hydrogens (tertiary/aromatic N) is 3. The van der Waals surface area contributed by atoms with Crippen molar-refractivity contribution in [1.82, 2.24) is 0 Å². The topological polar surface area (TPSA) is 67.9 Å². The number of hydrogen-bond donors (Lipinski definition) is 0. The van der Waals surface area contributed by atoms with Crippen LogP contribution in [0.4, 0.5) is 5.69 Å². The van der Waals surface area contributed by atoms with Crippen molar-refractivity contribution in [3.63, 3.8) is 0 Å². The Morgan fingerprint density at radius 2 is 1.69 bits per heavy atom. The van der Waals surface area contributed by atoms with Gasteiger partial charge in [-0.25, -0.2) is 0 Å². The number of carbonyl (C=O) groups is 1. The third-order valence-corrected chi connectivity index (χ3v) is 4.04. The standard InChI is InChI=1S/C22H15N3O/c23-14-17(15-24)10-11-18-12-13-25(21-9-5-4-8-20(18)21)16-22(26)19-6-2-1-3-7-19/h1-13H,16H2/b18-11-. The van der Waals surface area contributed by atoms with E-state index in [9.17, 15) is 4.79 Å². The first-order chi connectivity index (χ1) is 12.7. The molecular formula is C22H15N3O. The molecule has 1 aliphatic heterocycles. The molecule has 0 saturated carbocycles. The number of carbonyl (C=O) groups excluding carboxylic acids is 1. The second-order valence-corrected chi connectivity index (χ2v) is 5.68. The summed E-state index contributed by atoms with van der Waals surface area (Å²) in [4.78, 5) is 14.4. The van der Waals surface area contributed by atoms with E-state index < -0.39 is 0 Å². The smallest absolute Gasteiger partial charge is 0.182 e. The predicted octanol–water partition coefficient (Wildman–Crippen LogP) is 4.26. The van der Waals surface area contributed by atoms with Crippen LogP contribution in [0.25, 0.3) is 5.57 Å². The molecule has 4 nitrogen and oxygen atoms in total. The monoisotopic (exact) mass is 337 g/mol. The van der Waals surface area contributed by atoms with Crippen molar-refractivity contribution in [3.8, 4) is 12.1 Å². The van der Waals surface area contributed by atoms with Gasteiger partial charge in [-0.3, -0.25) is 4.79 Å². The molecule has 0 spiro atoms. The molecule has 0 unspecified atom stereocenters. The van der Waals surface area contributed by atoms with Crippen LogP contribution in [0.1, 0.15) is 15.9 Å². The van der Waals surface area contributed by atoms with E-state index >= 15 is 0 Å². The average molecular weight is 337 g/mol. The molecular weight excluding hydrogens is 322 g/mol. The second kappa shape index (κ2) is 7.79.